The summed E-state index contributed by atoms with van der Waals surface area (Å²) in [6, 6.07) is 12.9. The zero-order valence-electron chi connectivity index (χ0n) is 12.3. The lowest BCUT2D eigenvalue weighted by Crippen LogP contribution is -1.96. The number of aromatic amines is 1. The van der Waals surface area contributed by atoms with Gasteiger partial charge < -0.3 is 4.98 Å². The summed E-state index contributed by atoms with van der Waals surface area (Å²) in [5, 5.41) is 10.1. The summed E-state index contributed by atoms with van der Waals surface area (Å²) < 4.78 is 36.3. The van der Waals surface area contributed by atoms with E-state index in [1.165, 1.54) is 24.3 Å². The zero-order valence-corrected chi connectivity index (χ0v) is 13.1. The van der Waals surface area contributed by atoms with Crippen molar-refractivity contribution in [1.29, 1.82) is 5.26 Å². The number of H-pyrrole nitrogens is 1. The molecule has 0 aliphatic rings. The first kappa shape index (κ1) is 15.3. The first-order chi connectivity index (χ1) is 10.9. The highest BCUT2D eigenvalue weighted by atomic mass is 32.2. The Hall–Kier alpha value is -2.65. The third-order valence-electron chi connectivity index (χ3n) is 3.71. The normalized spacial score (nSPS) is 11.5. The first-order valence-electron chi connectivity index (χ1n) is 6.87. The van der Waals surface area contributed by atoms with Crippen LogP contribution in [0.2, 0.25) is 0 Å². The lowest BCUT2D eigenvalue weighted by molar-refractivity contribution is 0.602. The molecular weight excluding hydrogens is 315 g/mol. The summed E-state index contributed by atoms with van der Waals surface area (Å²) in [7, 11) is -3.31. The highest BCUT2D eigenvalue weighted by Gasteiger charge is 2.15. The van der Waals surface area contributed by atoms with Crippen molar-refractivity contribution in [3.63, 3.8) is 0 Å². The second-order valence-electron chi connectivity index (χ2n) is 5.37. The Kier molecular flexibility index (Phi) is 3.66. The maximum Gasteiger partial charge on any atom is 0.175 e. The first-order valence-corrected chi connectivity index (χ1v) is 8.77. The van der Waals surface area contributed by atoms with Crippen molar-refractivity contribution < 1.29 is 12.8 Å². The van der Waals surface area contributed by atoms with Crippen molar-refractivity contribution in [3.05, 3.63) is 65.1 Å². The summed E-state index contributed by atoms with van der Waals surface area (Å²) in [5.74, 6) is -0.314. The zero-order chi connectivity index (χ0) is 16.6. The van der Waals surface area contributed by atoms with Crippen molar-refractivity contribution in [2.75, 3.05) is 6.26 Å². The number of nitrogens with one attached hydrogen (secondary N) is 1. The minimum atomic E-state index is -3.31. The fraction of sp³-hybridized carbons (Fsp3) is 0.118. The van der Waals surface area contributed by atoms with Crippen LogP contribution in [-0.4, -0.2) is 19.7 Å². The maximum atomic E-state index is 13.0. The minimum Gasteiger partial charge on any atom is -0.346 e. The second-order valence-corrected chi connectivity index (χ2v) is 7.39. The molecule has 0 aliphatic carbocycles. The minimum absolute atomic E-state index is 0.198. The Bertz CT molecular complexity index is 1030. The van der Waals surface area contributed by atoms with Gasteiger partial charge in [-0.3, -0.25) is 0 Å². The average molecular weight is 328 g/mol. The van der Waals surface area contributed by atoms with Crippen LogP contribution in [0.4, 0.5) is 4.39 Å². The molecule has 23 heavy (non-hydrogen) atoms. The predicted octanol–water partition coefficient (Wildman–Crippen LogP) is 3.17. The molecule has 0 fully saturated rings. The van der Waals surface area contributed by atoms with Gasteiger partial charge >= 0.3 is 0 Å². The van der Waals surface area contributed by atoms with E-state index in [2.05, 4.69) is 11.1 Å². The van der Waals surface area contributed by atoms with Crippen LogP contribution in [0.5, 0.6) is 0 Å². The highest BCUT2D eigenvalue weighted by molar-refractivity contribution is 7.90. The number of rotatable bonds is 3. The van der Waals surface area contributed by atoms with Crippen LogP contribution in [0.25, 0.3) is 10.9 Å². The van der Waals surface area contributed by atoms with Crippen molar-refractivity contribution >= 4 is 20.7 Å². The quantitative estimate of drug-likeness (QED) is 0.802. The van der Waals surface area contributed by atoms with Crippen molar-refractivity contribution in [3.8, 4) is 6.07 Å². The Balaban J connectivity index is 2.12. The molecule has 0 amide bonds. The van der Waals surface area contributed by atoms with Crippen molar-refractivity contribution in [2.45, 2.75) is 11.3 Å². The van der Waals surface area contributed by atoms with Gasteiger partial charge in [-0.25, -0.2) is 12.8 Å². The largest absolute Gasteiger partial charge is 0.346 e. The molecule has 0 radical (unpaired) electrons. The molecule has 1 N–H and O–H groups in total. The number of aromatic nitrogens is 1. The molecule has 2 aromatic carbocycles. The Morgan fingerprint density at radius 2 is 1.87 bits per heavy atom. The maximum absolute atomic E-state index is 13.0. The Morgan fingerprint density at radius 1 is 1.17 bits per heavy atom. The lowest BCUT2D eigenvalue weighted by atomic mass is 10.0. The van der Waals surface area contributed by atoms with Gasteiger partial charge in [0.2, 0.25) is 0 Å². The van der Waals surface area contributed by atoms with Crippen LogP contribution in [0.1, 0.15) is 16.8 Å². The van der Waals surface area contributed by atoms with Gasteiger partial charge in [0.1, 0.15) is 17.6 Å². The van der Waals surface area contributed by atoms with E-state index in [1.807, 2.05) is 0 Å². The SMILES string of the molecule is CS(=O)(=O)c1ccc2c(Cc3ccc(F)cc3)c(C#N)[nH]c2c1. The molecule has 6 heteroatoms. The molecule has 1 heterocycles. The topological polar surface area (TPSA) is 73.7 Å². The predicted molar refractivity (Wildman–Crippen MR) is 85.3 cm³/mol. The van der Waals surface area contributed by atoms with Crippen LogP contribution in [-0.2, 0) is 16.3 Å². The molecule has 0 bridgehead atoms. The number of nitriles is 1. The summed E-state index contributed by atoms with van der Waals surface area (Å²) in [6.45, 7) is 0. The summed E-state index contributed by atoms with van der Waals surface area (Å²) in [4.78, 5) is 3.16. The van der Waals surface area contributed by atoms with Crippen LogP contribution in [0, 0.1) is 17.1 Å². The smallest absolute Gasteiger partial charge is 0.175 e. The average Bonchev–Trinajstić information content (AvgIpc) is 2.86. The van der Waals surface area contributed by atoms with Gasteiger partial charge in [-0.2, -0.15) is 5.26 Å². The van der Waals surface area contributed by atoms with Gasteiger partial charge in [-0.05, 0) is 29.8 Å². The molecular formula is C17H13FN2O2S. The summed E-state index contributed by atoms with van der Waals surface area (Å²) in [5.41, 5.74) is 2.63. The van der Waals surface area contributed by atoms with Gasteiger partial charge in [0, 0.05) is 29.1 Å². The molecule has 0 aliphatic heterocycles. The molecule has 3 aromatic rings. The van der Waals surface area contributed by atoms with E-state index < -0.39 is 9.84 Å². The fourth-order valence-corrected chi connectivity index (χ4v) is 3.20. The monoisotopic (exact) mass is 328 g/mol. The van der Waals surface area contributed by atoms with E-state index >= 15 is 0 Å². The second kappa shape index (κ2) is 5.52. The third-order valence-corrected chi connectivity index (χ3v) is 4.82. The van der Waals surface area contributed by atoms with Gasteiger partial charge in [0.25, 0.3) is 0 Å². The Morgan fingerprint density at radius 3 is 2.48 bits per heavy atom. The number of hydrogen-bond acceptors (Lipinski definition) is 3. The van der Waals surface area contributed by atoms with E-state index in [1.54, 1.807) is 18.2 Å². The van der Waals surface area contributed by atoms with Crippen LogP contribution < -0.4 is 0 Å². The van der Waals surface area contributed by atoms with E-state index in [0.717, 1.165) is 22.8 Å². The summed E-state index contributed by atoms with van der Waals surface area (Å²) in [6.07, 6.45) is 1.60. The van der Waals surface area contributed by atoms with E-state index in [9.17, 15) is 18.1 Å². The van der Waals surface area contributed by atoms with E-state index in [-0.39, 0.29) is 10.7 Å². The molecule has 1 aromatic heterocycles. The van der Waals surface area contributed by atoms with Gasteiger partial charge in [-0.1, -0.05) is 18.2 Å². The number of halogens is 1. The standard InChI is InChI=1S/C17H13FN2O2S/c1-23(21,22)13-6-7-14-15(17(10-19)20-16(14)9-13)8-11-2-4-12(18)5-3-11/h2-7,9,20H,8H2,1H3. The lowest BCUT2D eigenvalue weighted by Gasteiger charge is -2.02. The van der Waals surface area contributed by atoms with Crippen LogP contribution >= 0.6 is 0 Å². The molecule has 0 saturated heterocycles. The number of sulfone groups is 1. The van der Waals surface area contributed by atoms with E-state index in [0.29, 0.717) is 17.6 Å². The third kappa shape index (κ3) is 2.96. The molecule has 0 spiro atoms. The number of nitrogens with zero attached hydrogens (tertiary/aromatic N) is 1. The van der Waals surface area contributed by atoms with E-state index in [4.69, 9.17) is 0 Å². The highest BCUT2D eigenvalue weighted by Crippen LogP contribution is 2.27. The fourth-order valence-electron chi connectivity index (χ4n) is 2.55. The number of fused-ring (bicyclic) bond motifs is 1. The molecule has 4 nitrogen and oxygen atoms in total. The van der Waals surface area contributed by atoms with Crippen LogP contribution in [0.3, 0.4) is 0 Å². The van der Waals surface area contributed by atoms with Crippen molar-refractivity contribution in [2.24, 2.45) is 0 Å². The van der Waals surface area contributed by atoms with Gasteiger partial charge in [-0.15, -0.1) is 0 Å². The number of benzene rings is 2. The Labute approximate surface area is 133 Å². The van der Waals surface area contributed by atoms with Gasteiger partial charge in [0.05, 0.1) is 4.90 Å². The molecule has 0 saturated carbocycles. The van der Waals surface area contributed by atoms with Crippen LogP contribution in [0.15, 0.2) is 47.4 Å². The molecule has 0 atom stereocenters. The molecule has 3 rings (SSSR count). The molecule has 116 valence electrons. The van der Waals surface area contributed by atoms with Gasteiger partial charge in [0.15, 0.2) is 9.84 Å². The molecule has 0 unspecified atom stereocenters. The van der Waals surface area contributed by atoms with Crippen molar-refractivity contribution in [1.82, 2.24) is 4.98 Å². The summed E-state index contributed by atoms with van der Waals surface area (Å²) >= 11 is 0. The number of hydrogen-bond donors (Lipinski definition) is 1.